The van der Waals surface area contributed by atoms with Crippen LogP contribution in [0.3, 0.4) is 0 Å². The van der Waals surface area contributed by atoms with Gasteiger partial charge in [0.05, 0.1) is 18.8 Å². The molecule has 0 rings (SSSR count). The Kier molecular flexibility index (Phi) is 42.4. The van der Waals surface area contributed by atoms with Crippen LogP contribution in [0.2, 0.25) is 0 Å². The third-order valence-corrected chi connectivity index (χ3v) is 10.3. The third-order valence-electron chi connectivity index (χ3n) is 10.3. The Bertz CT molecular complexity index is 831. The Morgan fingerprint density at radius 1 is 0.442 bits per heavy atom. The second-order valence-corrected chi connectivity index (χ2v) is 15.4. The van der Waals surface area contributed by atoms with Gasteiger partial charge < -0.3 is 15.5 Å². The number of aliphatic hydroxyl groups is 2. The van der Waals surface area contributed by atoms with Crippen LogP contribution in [0.5, 0.6) is 0 Å². The van der Waals surface area contributed by atoms with Gasteiger partial charge in [-0.2, -0.15) is 0 Å². The number of unbranched alkanes of at least 4 members (excludes halogenated alkanes) is 28. The van der Waals surface area contributed by atoms with Gasteiger partial charge in [0.25, 0.3) is 0 Å². The van der Waals surface area contributed by atoms with Gasteiger partial charge in [0.15, 0.2) is 0 Å². The maximum Gasteiger partial charge on any atom is 0.220 e. The summed E-state index contributed by atoms with van der Waals surface area (Å²) >= 11 is 0. The van der Waals surface area contributed by atoms with E-state index in [2.05, 4.69) is 55.6 Å². The van der Waals surface area contributed by atoms with Crippen molar-refractivity contribution in [2.24, 2.45) is 0 Å². The fourth-order valence-electron chi connectivity index (χ4n) is 6.73. The van der Waals surface area contributed by atoms with Crippen molar-refractivity contribution in [3.8, 4) is 0 Å². The molecule has 3 N–H and O–H groups in total. The maximum absolute atomic E-state index is 12.4. The van der Waals surface area contributed by atoms with Crippen molar-refractivity contribution in [3.05, 3.63) is 48.6 Å². The topological polar surface area (TPSA) is 69.6 Å². The first-order valence-corrected chi connectivity index (χ1v) is 22.9. The summed E-state index contributed by atoms with van der Waals surface area (Å²) in [6.45, 7) is 4.29. The summed E-state index contributed by atoms with van der Waals surface area (Å²) < 4.78 is 0. The number of nitrogens with one attached hydrogen (secondary N) is 1. The van der Waals surface area contributed by atoms with Crippen LogP contribution < -0.4 is 5.32 Å². The minimum atomic E-state index is -0.872. The minimum absolute atomic E-state index is 0.0825. The molecule has 4 heteroatoms. The first-order valence-electron chi connectivity index (χ1n) is 22.9. The number of rotatable bonds is 41. The molecule has 52 heavy (non-hydrogen) atoms. The molecule has 0 aromatic rings. The van der Waals surface area contributed by atoms with Crippen LogP contribution in [0, 0.1) is 0 Å². The molecule has 4 nitrogen and oxygen atoms in total. The van der Waals surface area contributed by atoms with Crippen LogP contribution in [0.4, 0.5) is 0 Å². The second-order valence-electron chi connectivity index (χ2n) is 15.4. The monoisotopic (exact) mass is 728 g/mol. The molecule has 0 spiro atoms. The van der Waals surface area contributed by atoms with Crippen molar-refractivity contribution in [2.45, 2.75) is 244 Å². The van der Waals surface area contributed by atoms with E-state index in [9.17, 15) is 15.0 Å². The number of hydrogen-bond acceptors (Lipinski definition) is 3. The first kappa shape index (κ1) is 50.4. The number of carbonyl (C=O) groups is 1. The highest BCUT2D eigenvalue weighted by atomic mass is 16.3. The number of amides is 1. The molecular weight excluding hydrogens is 639 g/mol. The molecule has 0 bridgehead atoms. The van der Waals surface area contributed by atoms with Gasteiger partial charge in [-0.15, -0.1) is 0 Å². The molecule has 0 aliphatic heterocycles. The second kappa shape index (κ2) is 43.8. The Balaban J connectivity index is 3.64. The van der Waals surface area contributed by atoms with Crippen molar-refractivity contribution in [1.82, 2.24) is 5.32 Å². The predicted octanol–water partition coefficient (Wildman–Crippen LogP) is 14.4. The van der Waals surface area contributed by atoms with E-state index in [4.69, 9.17) is 0 Å². The van der Waals surface area contributed by atoms with E-state index in [-0.39, 0.29) is 12.5 Å². The van der Waals surface area contributed by atoms with Crippen molar-refractivity contribution < 1.29 is 15.0 Å². The predicted molar refractivity (Wildman–Crippen MR) is 230 cm³/mol. The summed E-state index contributed by atoms with van der Waals surface area (Å²) in [5.41, 5.74) is 0. The van der Waals surface area contributed by atoms with Gasteiger partial charge in [0, 0.05) is 6.42 Å². The van der Waals surface area contributed by atoms with Crippen molar-refractivity contribution in [1.29, 1.82) is 0 Å². The molecule has 0 aromatic heterocycles. The summed E-state index contributed by atoms with van der Waals surface area (Å²) in [6.07, 6.45) is 59.4. The molecule has 0 saturated heterocycles. The van der Waals surface area contributed by atoms with Gasteiger partial charge in [-0.1, -0.05) is 204 Å². The fraction of sp³-hybridized carbons (Fsp3) is 0.812. The van der Waals surface area contributed by atoms with E-state index in [1.54, 1.807) is 6.08 Å². The highest BCUT2D eigenvalue weighted by molar-refractivity contribution is 5.76. The molecule has 2 atom stereocenters. The lowest BCUT2D eigenvalue weighted by atomic mass is 10.0. The molecule has 2 unspecified atom stereocenters. The number of aliphatic hydroxyl groups excluding tert-OH is 2. The number of allylic oxidation sites excluding steroid dienone is 7. The van der Waals surface area contributed by atoms with Gasteiger partial charge in [-0.25, -0.2) is 0 Å². The SMILES string of the molecule is CCCCCCCCC/C=C\CCCCCCCCCC(=O)NC(CO)C(O)/C=C/CC/C=C/CC/C=C/CCCCCCCCCCCCCC. The summed E-state index contributed by atoms with van der Waals surface area (Å²) in [5.74, 6) is -0.0825. The summed E-state index contributed by atoms with van der Waals surface area (Å²) in [4.78, 5) is 12.4. The zero-order valence-electron chi connectivity index (χ0n) is 34.8. The maximum atomic E-state index is 12.4. The van der Waals surface area contributed by atoms with Crippen LogP contribution in [0.25, 0.3) is 0 Å². The molecule has 0 radical (unpaired) electrons. The van der Waals surface area contributed by atoms with Crippen LogP contribution >= 0.6 is 0 Å². The van der Waals surface area contributed by atoms with E-state index >= 15 is 0 Å². The largest absolute Gasteiger partial charge is 0.394 e. The summed E-state index contributed by atoms with van der Waals surface area (Å²) in [5, 5.41) is 23.0. The minimum Gasteiger partial charge on any atom is -0.394 e. The lowest BCUT2D eigenvalue weighted by Crippen LogP contribution is -2.45. The molecule has 0 heterocycles. The van der Waals surface area contributed by atoms with E-state index in [0.29, 0.717) is 6.42 Å². The van der Waals surface area contributed by atoms with Crippen molar-refractivity contribution in [3.63, 3.8) is 0 Å². The molecule has 304 valence electrons. The van der Waals surface area contributed by atoms with E-state index < -0.39 is 12.1 Å². The van der Waals surface area contributed by atoms with Gasteiger partial charge in [-0.05, 0) is 70.6 Å². The molecule has 0 fully saturated rings. The number of carbonyl (C=O) groups excluding carboxylic acids is 1. The highest BCUT2D eigenvalue weighted by Crippen LogP contribution is 2.14. The van der Waals surface area contributed by atoms with Gasteiger partial charge in [-0.3, -0.25) is 4.79 Å². The molecule has 0 aliphatic carbocycles. The van der Waals surface area contributed by atoms with Crippen LogP contribution in [-0.4, -0.2) is 34.9 Å². The van der Waals surface area contributed by atoms with Gasteiger partial charge in [0.2, 0.25) is 5.91 Å². The van der Waals surface area contributed by atoms with E-state index in [1.165, 1.54) is 173 Å². The lowest BCUT2D eigenvalue weighted by molar-refractivity contribution is -0.123. The first-order chi connectivity index (χ1) is 25.7. The smallest absolute Gasteiger partial charge is 0.220 e. The molecule has 0 aromatic carbocycles. The average Bonchev–Trinajstić information content (AvgIpc) is 3.15. The Morgan fingerprint density at radius 3 is 1.12 bits per heavy atom. The lowest BCUT2D eigenvalue weighted by Gasteiger charge is -2.19. The summed E-state index contributed by atoms with van der Waals surface area (Å²) in [6, 6.07) is -0.648. The van der Waals surface area contributed by atoms with E-state index in [1.807, 2.05) is 6.08 Å². The van der Waals surface area contributed by atoms with Crippen LogP contribution in [-0.2, 0) is 4.79 Å². The normalized spacial score (nSPS) is 13.4. The molecule has 1 amide bonds. The molecular formula is C48H89NO3. The van der Waals surface area contributed by atoms with Crippen LogP contribution in [0.1, 0.15) is 232 Å². The Hall–Kier alpha value is -1.65. The Labute approximate surface area is 324 Å². The van der Waals surface area contributed by atoms with Crippen molar-refractivity contribution in [2.75, 3.05) is 6.61 Å². The van der Waals surface area contributed by atoms with Gasteiger partial charge in [0.1, 0.15) is 0 Å². The standard InChI is InChI=1S/C48H89NO3/c1-3-5-7-9-11-13-15-17-19-21-23-24-25-26-27-29-31-33-35-37-39-41-43-47(51)46(45-50)49-48(52)44-42-40-38-36-34-32-30-28-22-20-18-16-14-12-10-8-6-4-2/h20,22,26-27,33,35,41,43,46-47,50-51H,3-19,21,23-25,28-32,34,36-40,42,44-45H2,1-2H3,(H,49,52)/b22-20-,27-26+,35-33+,43-41+. The Morgan fingerprint density at radius 2 is 0.750 bits per heavy atom. The van der Waals surface area contributed by atoms with Crippen LogP contribution in [0.15, 0.2) is 48.6 Å². The zero-order chi connectivity index (χ0) is 37.8. The summed E-state index contributed by atoms with van der Waals surface area (Å²) in [7, 11) is 0. The van der Waals surface area contributed by atoms with E-state index in [0.717, 1.165) is 38.5 Å². The van der Waals surface area contributed by atoms with Crippen molar-refractivity contribution >= 4 is 5.91 Å². The zero-order valence-corrected chi connectivity index (χ0v) is 34.8. The van der Waals surface area contributed by atoms with Gasteiger partial charge >= 0.3 is 0 Å². The average molecular weight is 728 g/mol. The number of hydrogen-bond donors (Lipinski definition) is 3. The quantitative estimate of drug-likeness (QED) is 0.0434. The molecule has 0 aliphatic rings. The fourth-order valence-corrected chi connectivity index (χ4v) is 6.73. The highest BCUT2D eigenvalue weighted by Gasteiger charge is 2.17. The molecule has 0 saturated carbocycles. The third kappa shape index (κ3) is 39.6.